The van der Waals surface area contributed by atoms with Crippen molar-refractivity contribution < 1.29 is 4.74 Å². The Morgan fingerprint density at radius 2 is 2.06 bits per heavy atom. The van der Waals surface area contributed by atoms with Crippen molar-refractivity contribution in [3.63, 3.8) is 0 Å². The van der Waals surface area contributed by atoms with Gasteiger partial charge in [0, 0.05) is 0 Å². The molecular weight excluding hydrogens is 200 g/mol. The van der Waals surface area contributed by atoms with Crippen LogP contribution in [0.2, 0.25) is 0 Å². The highest BCUT2D eigenvalue weighted by Gasteiger charge is 2.14. The van der Waals surface area contributed by atoms with Crippen LogP contribution in [0.1, 0.15) is 52.4 Å². The second-order valence-corrected chi connectivity index (χ2v) is 4.83. The summed E-state index contributed by atoms with van der Waals surface area (Å²) in [6, 6.07) is 0.195. The van der Waals surface area contributed by atoms with Gasteiger partial charge in [0.1, 0.15) is 0 Å². The molecule has 3 heteroatoms. The molecule has 3 nitrogen and oxygen atoms in total. The number of ether oxygens (including phenoxy) is 1. The fraction of sp³-hybridized carbons (Fsp3) is 0.846. The number of hydrogen-bond donors (Lipinski definition) is 2. The van der Waals surface area contributed by atoms with E-state index in [0.29, 0.717) is 6.61 Å². The minimum absolute atomic E-state index is 0.195. The smallest absolute Gasteiger partial charge is 0.0674 e. The fourth-order valence-corrected chi connectivity index (χ4v) is 2.08. The Kier molecular flexibility index (Phi) is 6.69. The first-order chi connectivity index (χ1) is 7.74. The molecule has 1 atom stereocenters. The molecule has 0 saturated carbocycles. The average Bonchev–Trinajstić information content (AvgIpc) is 2.20. The summed E-state index contributed by atoms with van der Waals surface area (Å²) in [5, 5.41) is 0. The van der Waals surface area contributed by atoms with Crippen molar-refractivity contribution in [1.29, 1.82) is 0 Å². The van der Waals surface area contributed by atoms with Gasteiger partial charge in [0.05, 0.1) is 18.8 Å². The molecule has 1 aliphatic carbocycles. The van der Waals surface area contributed by atoms with Crippen LogP contribution in [0.3, 0.4) is 0 Å². The Bertz CT molecular complexity index is 214. The Hall–Kier alpha value is -0.380. The minimum Gasteiger partial charge on any atom is -0.377 e. The van der Waals surface area contributed by atoms with Gasteiger partial charge in [0.2, 0.25) is 0 Å². The maximum Gasteiger partial charge on any atom is 0.0674 e. The predicted molar refractivity (Wildman–Crippen MR) is 68.0 cm³/mol. The van der Waals surface area contributed by atoms with Crippen LogP contribution in [0.4, 0.5) is 0 Å². The quantitative estimate of drug-likeness (QED) is 0.430. The van der Waals surface area contributed by atoms with Gasteiger partial charge in [-0.2, -0.15) is 0 Å². The highest BCUT2D eigenvalue weighted by atomic mass is 16.5. The van der Waals surface area contributed by atoms with Gasteiger partial charge >= 0.3 is 0 Å². The van der Waals surface area contributed by atoms with E-state index >= 15 is 0 Å². The molecule has 0 saturated heterocycles. The molecule has 1 rings (SSSR count). The van der Waals surface area contributed by atoms with Crippen LogP contribution in [0, 0.1) is 0 Å². The SMILES string of the molecule is CC(C)OCC(NN)C1=CCCCCCC1. The zero-order valence-electron chi connectivity index (χ0n) is 10.7. The molecule has 0 aliphatic heterocycles. The van der Waals surface area contributed by atoms with Gasteiger partial charge in [-0.1, -0.05) is 24.5 Å². The largest absolute Gasteiger partial charge is 0.377 e. The monoisotopic (exact) mass is 226 g/mol. The Morgan fingerprint density at radius 3 is 2.75 bits per heavy atom. The molecule has 0 aromatic rings. The van der Waals surface area contributed by atoms with Crippen LogP contribution in [0.25, 0.3) is 0 Å². The normalized spacial score (nSPS) is 20.1. The van der Waals surface area contributed by atoms with Crippen LogP contribution in [0.15, 0.2) is 11.6 Å². The second-order valence-electron chi connectivity index (χ2n) is 4.83. The van der Waals surface area contributed by atoms with Gasteiger partial charge in [0.25, 0.3) is 0 Å². The van der Waals surface area contributed by atoms with Gasteiger partial charge in [-0.15, -0.1) is 0 Å². The summed E-state index contributed by atoms with van der Waals surface area (Å²) in [5.74, 6) is 5.61. The first-order valence-corrected chi connectivity index (χ1v) is 6.50. The third-order valence-electron chi connectivity index (χ3n) is 3.07. The lowest BCUT2D eigenvalue weighted by atomic mass is 9.95. The number of rotatable bonds is 5. The van der Waals surface area contributed by atoms with Crippen molar-refractivity contribution in [3.8, 4) is 0 Å². The molecule has 0 aromatic heterocycles. The summed E-state index contributed by atoms with van der Waals surface area (Å²) in [7, 11) is 0. The van der Waals surface area contributed by atoms with Crippen molar-refractivity contribution in [1.82, 2.24) is 5.43 Å². The number of nitrogens with one attached hydrogen (secondary N) is 1. The summed E-state index contributed by atoms with van der Waals surface area (Å²) >= 11 is 0. The summed E-state index contributed by atoms with van der Waals surface area (Å²) < 4.78 is 5.64. The van der Waals surface area contributed by atoms with Crippen LogP contribution in [-0.4, -0.2) is 18.8 Å². The highest BCUT2D eigenvalue weighted by molar-refractivity contribution is 5.11. The molecule has 94 valence electrons. The van der Waals surface area contributed by atoms with Gasteiger partial charge in [0.15, 0.2) is 0 Å². The van der Waals surface area contributed by atoms with E-state index < -0.39 is 0 Å². The predicted octanol–water partition coefficient (Wildman–Crippen LogP) is 2.52. The number of hydrogen-bond acceptors (Lipinski definition) is 3. The van der Waals surface area contributed by atoms with E-state index in [-0.39, 0.29) is 12.1 Å². The zero-order valence-corrected chi connectivity index (χ0v) is 10.7. The first-order valence-electron chi connectivity index (χ1n) is 6.50. The van der Waals surface area contributed by atoms with Crippen LogP contribution in [0.5, 0.6) is 0 Å². The highest BCUT2D eigenvalue weighted by Crippen LogP contribution is 2.19. The van der Waals surface area contributed by atoms with E-state index in [9.17, 15) is 0 Å². The topological polar surface area (TPSA) is 47.3 Å². The van der Waals surface area contributed by atoms with Crippen molar-refractivity contribution in [2.24, 2.45) is 5.84 Å². The lowest BCUT2D eigenvalue weighted by Gasteiger charge is -2.22. The number of nitrogens with two attached hydrogens (primary N) is 1. The first kappa shape index (κ1) is 13.7. The Morgan fingerprint density at radius 1 is 1.31 bits per heavy atom. The van der Waals surface area contributed by atoms with E-state index in [1.54, 1.807) is 0 Å². The summed E-state index contributed by atoms with van der Waals surface area (Å²) in [6.07, 6.45) is 10.3. The zero-order chi connectivity index (χ0) is 11.8. The average molecular weight is 226 g/mol. The Balaban J connectivity index is 2.47. The van der Waals surface area contributed by atoms with E-state index in [1.165, 1.54) is 37.7 Å². The summed E-state index contributed by atoms with van der Waals surface area (Å²) in [6.45, 7) is 4.79. The fourth-order valence-electron chi connectivity index (χ4n) is 2.08. The molecule has 0 radical (unpaired) electrons. The third-order valence-corrected chi connectivity index (χ3v) is 3.07. The molecule has 16 heavy (non-hydrogen) atoms. The molecule has 0 heterocycles. The van der Waals surface area contributed by atoms with Gasteiger partial charge < -0.3 is 4.74 Å². The number of allylic oxidation sites excluding steroid dienone is 1. The van der Waals surface area contributed by atoms with Crippen molar-refractivity contribution in [2.75, 3.05) is 6.61 Å². The molecular formula is C13H26N2O. The van der Waals surface area contributed by atoms with Crippen molar-refractivity contribution in [3.05, 3.63) is 11.6 Å². The third kappa shape index (κ3) is 5.10. The molecule has 0 bridgehead atoms. The lowest BCUT2D eigenvalue weighted by Crippen LogP contribution is -2.40. The molecule has 0 amide bonds. The van der Waals surface area contributed by atoms with Crippen LogP contribution >= 0.6 is 0 Å². The van der Waals surface area contributed by atoms with Crippen LogP contribution in [-0.2, 0) is 4.74 Å². The van der Waals surface area contributed by atoms with Gasteiger partial charge in [-0.25, -0.2) is 0 Å². The van der Waals surface area contributed by atoms with Crippen molar-refractivity contribution in [2.45, 2.75) is 64.5 Å². The van der Waals surface area contributed by atoms with E-state index in [1.807, 2.05) is 0 Å². The molecule has 3 N–H and O–H groups in total. The standard InChI is InChI=1S/C13H26N2O/c1-11(2)16-10-13(15-14)12-8-6-4-3-5-7-9-12/h8,11,13,15H,3-7,9-10,14H2,1-2H3. The molecule has 0 aromatic carbocycles. The lowest BCUT2D eigenvalue weighted by molar-refractivity contribution is 0.0669. The maximum atomic E-state index is 5.64. The molecule has 1 unspecified atom stereocenters. The van der Waals surface area contributed by atoms with Gasteiger partial charge in [-0.3, -0.25) is 11.3 Å². The summed E-state index contributed by atoms with van der Waals surface area (Å²) in [5.41, 5.74) is 4.32. The van der Waals surface area contributed by atoms with E-state index in [0.717, 1.165) is 6.42 Å². The van der Waals surface area contributed by atoms with Crippen LogP contribution < -0.4 is 11.3 Å². The minimum atomic E-state index is 0.195. The Labute approximate surface area is 99.4 Å². The maximum absolute atomic E-state index is 5.64. The molecule has 1 aliphatic rings. The molecule has 0 spiro atoms. The van der Waals surface area contributed by atoms with E-state index in [4.69, 9.17) is 10.6 Å². The number of hydrazine groups is 1. The molecule has 0 fully saturated rings. The summed E-state index contributed by atoms with van der Waals surface area (Å²) in [4.78, 5) is 0. The van der Waals surface area contributed by atoms with Gasteiger partial charge in [-0.05, 0) is 39.5 Å². The van der Waals surface area contributed by atoms with Crippen molar-refractivity contribution >= 4 is 0 Å². The second kappa shape index (κ2) is 7.82. The van der Waals surface area contributed by atoms with E-state index in [2.05, 4.69) is 25.3 Å².